The van der Waals surface area contributed by atoms with E-state index in [0.717, 1.165) is 5.75 Å². The molecule has 1 N–H and O–H groups in total. The zero-order valence-electron chi connectivity index (χ0n) is 9.89. The first kappa shape index (κ1) is 15.5. The fourth-order valence-corrected chi connectivity index (χ4v) is 2.02. The smallest absolute Gasteiger partial charge is 0.294 e. The summed E-state index contributed by atoms with van der Waals surface area (Å²) in [5.41, 5.74) is 0. The van der Waals surface area contributed by atoms with E-state index >= 15 is 0 Å². The van der Waals surface area contributed by atoms with Crippen molar-refractivity contribution >= 4 is 26.0 Å². The van der Waals surface area contributed by atoms with Gasteiger partial charge in [-0.2, -0.15) is 8.42 Å². The largest absolute Gasteiger partial charge is 0.495 e. The van der Waals surface area contributed by atoms with Crippen molar-refractivity contribution in [2.45, 2.75) is 4.90 Å². The molecule has 2 aromatic rings. The lowest BCUT2D eigenvalue weighted by Gasteiger charge is -1.94. The van der Waals surface area contributed by atoms with Crippen molar-refractivity contribution in [1.29, 1.82) is 0 Å². The number of hydrogen-bond donors (Lipinski definition) is 1. The molecule has 0 aliphatic carbocycles. The molecule has 0 saturated heterocycles. The highest BCUT2D eigenvalue weighted by molar-refractivity contribution is 9.10. The lowest BCUT2D eigenvalue weighted by atomic mass is 10.5. The van der Waals surface area contributed by atoms with Gasteiger partial charge in [-0.1, -0.05) is 0 Å². The van der Waals surface area contributed by atoms with Crippen LogP contribution in [0.3, 0.4) is 0 Å². The van der Waals surface area contributed by atoms with Crippen LogP contribution in [0.1, 0.15) is 0 Å². The predicted molar refractivity (Wildman–Crippen MR) is 72.5 cm³/mol. The van der Waals surface area contributed by atoms with Crippen LogP contribution in [-0.2, 0) is 10.1 Å². The van der Waals surface area contributed by atoms with Gasteiger partial charge in [0.1, 0.15) is 10.4 Å². The van der Waals surface area contributed by atoms with E-state index in [2.05, 4.69) is 25.9 Å². The summed E-state index contributed by atoms with van der Waals surface area (Å²) < 4.78 is 34.7. The van der Waals surface area contributed by atoms with Gasteiger partial charge in [0.25, 0.3) is 10.1 Å². The van der Waals surface area contributed by atoms with Crippen LogP contribution in [-0.4, -0.2) is 30.0 Å². The first-order valence-corrected chi connectivity index (χ1v) is 7.20. The molecule has 0 amide bonds. The predicted octanol–water partition coefficient (Wildman–Crippen LogP) is 2.18. The molecule has 0 atom stereocenters. The highest BCUT2D eigenvalue weighted by atomic mass is 79.9. The number of pyridine rings is 2. The van der Waals surface area contributed by atoms with Crippen LogP contribution >= 0.6 is 15.9 Å². The first-order valence-electron chi connectivity index (χ1n) is 4.96. The van der Waals surface area contributed by atoms with Gasteiger partial charge in [-0.15, -0.1) is 0 Å². The normalized spacial score (nSPS) is 10.3. The first-order chi connectivity index (χ1) is 8.93. The Hall–Kier alpha value is -1.51. The molecule has 0 unspecified atom stereocenters. The molecule has 2 rings (SSSR count). The molecule has 6 nitrogen and oxygen atoms in total. The van der Waals surface area contributed by atoms with Crippen LogP contribution in [0.15, 0.2) is 52.4 Å². The Kier molecular flexibility index (Phi) is 5.87. The van der Waals surface area contributed by atoms with Crippen molar-refractivity contribution in [3.8, 4) is 5.75 Å². The summed E-state index contributed by atoms with van der Waals surface area (Å²) >= 11 is 2.97. The molecule has 0 spiro atoms. The van der Waals surface area contributed by atoms with Crippen molar-refractivity contribution in [2.24, 2.45) is 0 Å². The highest BCUT2D eigenvalue weighted by Gasteiger charge is 2.08. The highest BCUT2D eigenvalue weighted by Crippen LogP contribution is 2.12. The van der Waals surface area contributed by atoms with Crippen LogP contribution in [0.25, 0.3) is 0 Å². The van der Waals surface area contributed by atoms with Gasteiger partial charge < -0.3 is 4.74 Å². The second kappa shape index (κ2) is 7.17. The fourth-order valence-electron chi connectivity index (χ4n) is 1.01. The van der Waals surface area contributed by atoms with Gasteiger partial charge in [-0.3, -0.25) is 9.54 Å². The summed E-state index contributed by atoms with van der Waals surface area (Å²) in [5.74, 6) is 0.799. The molecule has 0 saturated carbocycles. The number of hydrogen-bond acceptors (Lipinski definition) is 5. The van der Waals surface area contributed by atoms with Crippen molar-refractivity contribution in [3.63, 3.8) is 0 Å². The Balaban J connectivity index is 0.000000200. The summed E-state index contributed by atoms with van der Waals surface area (Å²) in [6, 6.07) is 6.11. The van der Waals surface area contributed by atoms with Crippen molar-refractivity contribution in [3.05, 3.63) is 47.5 Å². The standard InChI is InChI=1S/C6H7NO.C5H4BrNO3S/c1-8-6-3-2-4-7-5-6;6-5-3-4(1-2-7-5)11(8,9)10/h2-5H,1H3;1-3H,(H,8,9,10). The van der Waals surface area contributed by atoms with Crippen LogP contribution in [0.4, 0.5) is 0 Å². The molecule has 102 valence electrons. The molecule has 0 aliphatic rings. The Morgan fingerprint density at radius 2 is 2.05 bits per heavy atom. The maximum absolute atomic E-state index is 10.5. The lowest BCUT2D eigenvalue weighted by molar-refractivity contribution is 0.413. The van der Waals surface area contributed by atoms with E-state index in [9.17, 15) is 8.42 Å². The zero-order valence-corrected chi connectivity index (χ0v) is 12.3. The van der Waals surface area contributed by atoms with Crippen LogP contribution < -0.4 is 4.74 Å². The third-order valence-electron chi connectivity index (χ3n) is 1.87. The monoisotopic (exact) mass is 346 g/mol. The molecule has 2 heterocycles. The third kappa shape index (κ3) is 5.77. The van der Waals surface area contributed by atoms with E-state index < -0.39 is 10.1 Å². The molecule has 2 aromatic heterocycles. The number of halogens is 1. The summed E-state index contributed by atoms with van der Waals surface area (Å²) in [5, 5.41) is 0. The van der Waals surface area contributed by atoms with E-state index in [-0.39, 0.29) is 4.90 Å². The van der Waals surface area contributed by atoms with E-state index in [1.807, 2.05) is 12.1 Å². The van der Waals surface area contributed by atoms with Gasteiger partial charge in [0.15, 0.2) is 0 Å². The Labute approximate surface area is 119 Å². The summed E-state index contributed by atoms with van der Waals surface area (Å²) in [6.07, 6.45) is 4.66. The second-order valence-electron chi connectivity index (χ2n) is 3.18. The van der Waals surface area contributed by atoms with E-state index in [1.54, 1.807) is 19.5 Å². The number of aromatic nitrogens is 2. The minimum Gasteiger partial charge on any atom is -0.495 e. The lowest BCUT2D eigenvalue weighted by Crippen LogP contribution is -1.97. The number of methoxy groups -OCH3 is 1. The number of nitrogens with zero attached hydrogens (tertiary/aromatic N) is 2. The maximum Gasteiger partial charge on any atom is 0.294 e. The minimum absolute atomic E-state index is 0.167. The van der Waals surface area contributed by atoms with Crippen LogP contribution in [0.5, 0.6) is 5.75 Å². The summed E-state index contributed by atoms with van der Waals surface area (Å²) in [7, 11) is -2.47. The summed E-state index contributed by atoms with van der Waals surface area (Å²) in [4.78, 5) is 7.36. The second-order valence-corrected chi connectivity index (χ2v) is 5.42. The Morgan fingerprint density at radius 1 is 1.32 bits per heavy atom. The van der Waals surface area contributed by atoms with Crippen molar-refractivity contribution < 1.29 is 17.7 Å². The van der Waals surface area contributed by atoms with Gasteiger partial charge in [0, 0.05) is 12.4 Å². The molecule has 0 aliphatic heterocycles. The molecular weight excluding hydrogens is 336 g/mol. The molecule has 19 heavy (non-hydrogen) atoms. The molecule has 0 fully saturated rings. The molecule has 0 bridgehead atoms. The number of rotatable bonds is 2. The minimum atomic E-state index is -4.10. The van der Waals surface area contributed by atoms with Gasteiger partial charge in [0.2, 0.25) is 0 Å². The fraction of sp³-hybridized carbons (Fsp3) is 0.0909. The quantitative estimate of drug-likeness (QED) is 0.662. The molecular formula is C11H11BrN2O4S. The zero-order chi connectivity index (χ0) is 14.3. The Morgan fingerprint density at radius 3 is 2.42 bits per heavy atom. The molecule has 8 heteroatoms. The van der Waals surface area contributed by atoms with Crippen molar-refractivity contribution in [2.75, 3.05) is 7.11 Å². The van der Waals surface area contributed by atoms with Crippen LogP contribution in [0.2, 0.25) is 0 Å². The average molecular weight is 347 g/mol. The topological polar surface area (TPSA) is 89.4 Å². The van der Waals surface area contributed by atoms with E-state index in [4.69, 9.17) is 9.29 Å². The van der Waals surface area contributed by atoms with E-state index in [1.165, 1.54) is 18.3 Å². The van der Waals surface area contributed by atoms with Gasteiger partial charge in [-0.25, -0.2) is 4.98 Å². The van der Waals surface area contributed by atoms with Gasteiger partial charge in [0.05, 0.1) is 18.2 Å². The molecule has 0 radical (unpaired) electrons. The number of ether oxygens (including phenoxy) is 1. The van der Waals surface area contributed by atoms with Gasteiger partial charge >= 0.3 is 0 Å². The average Bonchev–Trinajstić information content (AvgIpc) is 2.39. The summed E-state index contributed by atoms with van der Waals surface area (Å²) in [6.45, 7) is 0. The Bertz CT molecular complexity index is 620. The SMILES string of the molecule is COc1cccnc1.O=S(=O)(O)c1ccnc(Br)c1. The van der Waals surface area contributed by atoms with Gasteiger partial charge in [-0.05, 0) is 40.2 Å². The third-order valence-corrected chi connectivity index (χ3v) is 3.15. The molecule has 0 aromatic carbocycles. The maximum atomic E-state index is 10.5. The van der Waals surface area contributed by atoms with E-state index in [0.29, 0.717) is 4.60 Å². The van der Waals surface area contributed by atoms with Crippen molar-refractivity contribution in [1.82, 2.24) is 9.97 Å². The van der Waals surface area contributed by atoms with Crippen LogP contribution in [0, 0.1) is 0 Å².